The molecule has 0 spiro atoms. The minimum Gasteiger partial charge on any atom is -0.374 e. The van der Waals surface area contributed by atoms with Gasteiger partial charge in [-0.3, -0.25) is 9.59 Å². The number of rotatable bonds is 6. The summed E-state index contributed by atoms with van der Waals surface area (Å²) < 4.78 is 42.4. The first-order chi connectivity index (χ1) is 13.3. The number of amides is 2. The molecule has 2 rings (SSSR count). The van der Waals surface area contributed by atoms with Gasteiger partial charge < -0.3 is 19.9 Å². The SMILES string of the molecule is Cc1cc(Br)ccc1NC(=O)CN(C)C(=O)CC(O)(c1nccn1C)C(F)(F)F. The molecule has 158 valence electrons. The highest BCUT2D eigenvalue weighted by molar-refractivity contribution is 9.10. The Balaban J connectivity index is 2.10. The molecule has 2 amide bonds. The quantitative estimate of drug-likeness (QED) is 0.670. The van der Waals surface area contributed by atoms with Gasteiger partial charge in [0.15, 0.2) is 5.82 Å². The highest BCUT2D eigenvalue weighted by Gasteiger charge is 2.58. The lowest BCUT2D eigenvalue weighted by Gasteiger charge is -2.30. The van der Waals surface area contributed by atoms with Crippen molar-refractivity contribution in [1.29, 1.82) is 0 Å². The first kappa shape index (κ1) is 22.9. The Kier molecular flexibility index (Phi) is 6.74. The predicted octanol–water partition coefficient (Wildman–Crippen LogP) is 2.73. The number of imidazole rings is 1. The molecule has 0 bridgehead atoms. The van der Waals surface area contributed by atoms with Crippen molar-refractivity contribution in [3.8, 4) is 0 Å². The molecule has 7 nitrogen and oxygen atoms in total. The number of aliphatic hydroxyl groups is 1. The average molecular weight is 477 g/mol. The van der Waals surface area contributed by atoms with Crippen LogP contribution in [0.5, 0.6) is 0 Å². The zero-order valence-electron chi connectivity index (χ0n) is 15.9. The molecule has 0 fully saturated rings. The van der Waals surface area contributed by atoms with Crippen molar-refractivity contribution in [2.45, 2.75) is 25.1 Å². The van der Waals surface area contributed by atoms with Crippen LogP contribution >= 0.6 is 15.9 Å². The second-order valence-corrected chi connectivity index (χ2v) is 7.57. The number of aromatic nitrogens is 2. The van der Waals surface area contributed by atoms with Crippen molar-refractivity contribution in [1.82, 2.24) is 14.5 Å². The molecule has 2 aromatic rings. The van der Waals surface area contributed by atoms with Crippen molar-refractivity contribution in [2.24, 2.45) is 7.05 Å². The summed E-state index contributed by atoms with van der Waals surface area (Å²) in [6.07, 6.45) is -4.12. The maximum atomic E-state index is 13.5. The molecular formula is C18H20BrF3N4O3. The van der Waals surface area contributed by atoms with Gasteiger partial charge in [0.2, 0.25) is 17.4 Å². The minimum absolute atomic E-state index is 0.483. The summed E-state index contributed by atoms with van der Waals surface area (Å²) in [5, 5.41) is 12.9. The van der Waals surface area contributed by atoms with Crippen LogP contribution in [-0.4, -0.2) is 51.1 Å². The lowest BCUT2D eigenvalue weighted by Crippen LogP contribution is -2.48. The van der Waals surface area contributed by atoms with Crippen molar-refractivity contribution >= 4 is 33.4 Å². The number of aryl methyl sites for hydroxylation is 2. The van der Waals surface area contributed by atoms with Crippen LogP contribution in [0.15, 0.2) is 35.1 Å². The Morgan fingerprint density at radius 3 is 2.52 bits per heavy atom. The largest absolute Gasteiger partial charge is 0.425 e. The smallest absolute Gasteiger partial charge is 0.374 e. The fourth-order valence-corrected chi connectivity index (χ4v) is 3.16. The fraction of sp³-hybridized carbons (Fsp3) is 0.389. The molecule has 1 aromatic heterocycles. The van der Waals surface area contributed by atoms with E-state index in [1.807, 2.05) is 0 Å². The molecule has 0 aliphatic heterocycles. The summed E-state index contributed by atoms with van der Waals surface area (Å²) in [6.45, 7) is 1.29. The monoisotopic (exact) mass is 476 g/mol. The lowest BCUT2D eigenvalue weighted by atomic mass is 9.96. The highest BCUT2D eigenvalue weighted by atomic mass is 79.9. The number of nitrogens with one attached hydrogen (secondary N) is 1. The first-order valence-electron chi connectivity index (χ1n) is 8.42. The Hall–Kier alpha value is -2.40. The number of halogens is 4. The topological polar surface area (TPSA) is 87.5 Å². The van der Waals surface area contributed by atoms with Gasteiger partial charge in [-0.2, -0.15) is 13.2 Å². The standard InChI is InChI=1S/C18H20BrF3N4O3/c1-11-8-12(19)4-5-13(11)24-14(27)10-26(3)15(28)9-17(29,18(20,21)22)16-23-6-7-25(16)2/h4-8,29H,9-10H2,1-3H3,(H,24,27). The van der Waals surface area contributed by atoms with Crippen LogP contribution in [-0.2, 0) is 22.2 Å². The molecule has 1 unspecified atom stereocenters. The van der Waals surface area contributed by atoms with Gasteiger partial charge in [0.1, 0.15) is 0 Å². The van der Waals surface area contributed by atoms with E-state index in [0.717, 1.165) is 25.7 Å². The fourth-order valence-electron chi connectivity index (χ4n) is 2.68. The van der Waals surface area contributed by atoms with Gasteiger partial charge in [-0.25, -0.2) is 4.98 Å². The van der Waals surface area contributed by atoms with Crippen molar-refractivity contribution in [3.05, 3.63) is 46.5 Å². The molecule has 0 aliphatic rings. The van der Waals surface area contributed by atoms with Gasteiger partial charge in [-0.1, -0.05) is 15.9 Å². The van der Waals surface area contributed by atoms with Gasteiger partial charge in [0.05, 0.1) is 13.0 Å². The number of carbonyl (C=O) groups is 2. The Morgan fingerprint density at radius 1 is 1.34 bits per heavy atom. The van der Waals surface area contributed by atoms with Gasteiger partial charge >= 0.3 is 6.18 Å². The molecule has 29 heavy (non-hydrogen) atoms. The van der Waals surface area contributed by atoms with E-state index in [1.54, 1.807) is 25.1 Å². The normalized spacial score (nSPS) is 13.7. The van der Waals surface area contributed by atoms with E-state index in [1.165, 1.54) is 20.3 Å². The molecule has 1 atom stereocenters. The zero-order valence-corrected chi connectivity index (χ0v) is 17.5. The average Bonchev–Trinajstić information content (AvgIpc) is 3.02. The number of hydrogen-bond donors (Lipinski definition) is 2. The van der Waals surface area contributed by atoms with E-state index in [9.17, 15) is 27.9 Å². The summed E-state index contributed by atoms with van der Waals surface area (Å²) in [6, 6.07) is 5.15. The Morgan fingerprint density at radius 2 is 2.00 bits per heavy atom. The van der Waals surface area contributed by atoms with Gasteiger partial charge in [-0.15, -0.1) is 0 Å². The second kappa shape index (κ2) is 8.54. The van der Waals surface area contributed by atoms with Gasteiger partial charge in [0.25, 0.3) is 0 Å². The number of nitrogens with zero attached hydrogens (tertiary/aromatic N) is 3. The zero-order chi connectivity index (χ0) is 22.0. The van der Waals surface area contributed by atoms with E-state index in [4.69, 9.17) is 0 Å². The predicted molar refractivity (Wildman–Crippen MR) is 103 cm³/mol. The van der Waals surface area contributed by atoms with E-state index in [-0.39, 0.29) is 0 Å². The Bertz CT molecular complexity index is 916. The molecular weight excluding hydrogens is 457 g/mol. The summed E-state index contributed by atoms with van der Waals surface area (Å²) in [7, 11) is 2.47. The maximum Gasteiger partial charge on any atom is 0.425 e. The van der Waals surface area contributed by atoms with Crippen LogP contribution in [0.2, 0.25) is 0 Å². The third-order valence-corrected chi connectivity index (χ3v) is 4.83. The van der Waals surface area contributed by atoms with E-state index in [2.05, 4.69) is 26.2 Å². The molecule has 2 N–H and O–H groups in total. The minimum atomic E-state index is -5.14. The van der Waals surface area contributed by atoms with Crippen molar-refractivity contribution in [2.75, 3.05) is 18.9 Å². The molecule has 1 heterocycles. The van der Waals surface area contributed by atoms with Crippen LogP contribution < -0.4 is 5.32 Å². The van der Waals surface area contributed by atoms with Gasteiger partial charge in [-0.05, 0) is 30.7 Å². The molecule has 11 heteroatoms. The number of benzene rings is 1. The lowest BCUT2D eigenvalue weighted by molar-refractivity contribution is -0.271. The van der Waals surface area contributed by atoms with Crippen LogP contribution in [0.1, 0.15) is 17.8 Å². The molecule has 0 radical (unpaired) electrons. The van der Waals surface area contributed by atoms with Gasteiger partial charge in [0, 0.05) is 36.6 Å². The van der Waals surface area contributed by atoms with Crippen LogP contribution in [0.4, 0.5) is 18.9 Å². The first-order valence-corrected chi connectivity index (χ1v) is 9.21. The van der Waals surface area contributed by atoms with E-state index in [0.29, 0.717) is 5.69 Å². The van der Waals surface area contributed by atoms with Crippen molar-refractivity contribution < 1.29 is 27.9 Å². The third kappa shape index (κ3) is 5.15. The summed E-state index contributed by atoms with van der Waals surface area (Å²) in [5.74, 6) is -2.35. The maximum absolute atomic E-state index is 13.5. The van der Waals surface area contributed by atoms with Crippen LogP contribution in [0.25, 0.3) is 0 Å². The molecule has 0 saturated carbocycles. The number of alkyl halides is 3. The van der Waals surface area contributed by atoms with Crippen molar-refractivity contribution in [3.63, 3.8) is 0 Å². The van der Waals surface area contributed by atoms with E-state index < -0.39 is 42.4 Å². The Labute approximate surface area is 173 Å². The van der Waals surface area contributed by atoms with E-state index >= 15 is 0 Å². The number of likely N-dealkylation sites (N-methyl/N-ethyl adjacent to an activating group) is 1. The third-order valence-electron chi connectivity index (χ3n) is 4.34. The molecule has 0 saturated heterocycles. The summed E-state index contributed by atoms with van der Waals surface area (Å²) >= 11 is 3.30. The number of anilines is 1. The highest BCUT2D eigenvalue weighted by Crippen LogP contribution is 2.41. The number of hydrogen-bond acceptors (Lipinski definition) is 4. The van der Waals surface area contributed by atoms with Crippen LogP contribution in [0.3, 0.4) is 0 Å². The number of carbonyl (C=O) groups excluding carboxylic acids is 2. The molecule has 1 aromatic carbocycles. The summed E-state index contributed by atoms with van der Waals surface area (Å²) in [5.41, 5.74) is -2.20. The second-order valence-electron chi connectivity index (χ2n) is 6.65. The summed E-state index contributed by atoms with van der Waals surface area (Å²) in [4.78, 5) is 28.9. The molecule has 0 aliphatic carbocycles. The van der Waals surface area contributed by atoms with Crippen LogP contribution in [0, 0.1) is 6.92 Å².